The lowest BCUT2D eigenvalue weighted by atomic mass is 10.0. The molecule has 1 amide bonds. The van der Waals surface area contributed by atoms with E-state index in [0.717, 1.165) is 19.3 Å². The Bertz CT molecular complexity index is 422. The number of aromatic nitrogens is 2. The van der Waals surface area contributed by atoms with E-state index in [1.807, 2.05) is 0 Å². The first-order valence-electron chi connectivity index (χ1n) is 5.51. The third kappa shape index (κ3) is 2.01. The summed E-state index contributed by atoms with van der Waals surface area (Å²) in [5.41, 5.74) is 5.59. The van der Waals surface area contributed by atoms with Crippen LogP contribution in [0.2, 0.25) is 0 Å². The zero-order chi connectivity index (χ0) is 11.5. The second-order valence-corrected chi connectivity index (χ2v) is 4.04. The van der Waals surface area contributed by atoms with Crippen molar-refractivity contribution in [2.24, 2.45) is 5.73 Å². The summed E-state index contributed by atoms with van der Waals surface area (Å²) in [5, 5.41) is 0. The Balaban J connectivity index is 2.16. The number of carbonyl (C=O) groups excluding carboxylic acids is 1. The van der Waals surface area contributed by atoms with E-state index in [2.05, 4.69) is 9.97 Å². The zero-order valence-corrected chi connectivity index (χ0v) is 9.03. The lowest BCUT2D eigenvalue weighted by Crippen LogP contribution is -2.47. The molecule has 0 aliphatic carbocycles. The Morgan fingerprint density at radius 3 is 3.00 bits per heavy atom. The van der Waals surface area contributed by atoms with Gasteiger partial charge in [0, 0.05) is 25.3 Å². The fourth-order valence-corrected chi connectivity index (χ4v) is 2.12. The van der Waals surface area contributed by atoms with Gasteiger partial charge in [0.15, 0.2) is 0 Å². The van der Waals surface area contributed by atoms with Gasteiger partial charge in [0.2, 0.25) is 0 Å². The molecule has 1 unspecified atom stereocenters. The topological polar surface area (TPSA) is 95.0 Å². The SMILES string of the molecule is NCC1CCCCN1C(=O)c1c[nH]c(=O)[nH]1. The highest BCUT2D eigenvalue weighted by molar-refractivity contribution is 5.92. The number of imidazole rings is 1. The molecule has 16 heavy (non-hydrogen) atoms. The van der Waals surface area contributed by atoms with E-state index in [-0.39, 0.29) is 17.6 Å². The molecule has 1 aliphatic rings. The number of aromatic amines is 2. The summed E-state index contributed by atoms with van der Waals surface area (Å²) in [6, 6.07) is 0.0969. The largest absolute Gasteiger partial charge is 0.333 e. The molecular weight excluding hydrogens is 208 g/mol. The molecule has 1 saturated heterocycles. The van der Waals surface area contributed by atoms with Gasteiger partial charge in [-0.2, -0.15) is 0 Å². The predicted octanol–water partition coefficient (Wildman–Crippen LogP) is -0.344. The lowest BCUT2D eigenvalue weighted by Gasteiger charge is -2.34. The van der Waals surface area contributed by atoms with Gasteiger partial charge < -0.3 is 20.6 Å². The number of rotatable bonds is 2. The fraction of sp³-hybridized carbons (Fsp3) is 0.600. The van der Waals surface area contributed by atoms with Gasteiger partial charge in [0.1, 0.15) is 5.69 Å². The molecule has 1 aromatic rings. The van der Waals surface area contributed by atoms with Gasteiger partial charge in [0.05, 0.1) is 0 Å². The molecule has 0 aromatic carbocycles. The van der Waals surface area contributed by atoms with Crippen molar-refractivity contribution in [2.75, 3.05) is 13.1 Å². The third-order valence-electron chi connectivity index (χ3n) is 2.99. The maximum atomic E-state index is 12.1. The monoisotopic (exact) mass is 224 g/mol. The van der Waals surface area contributed by atoms with Crippen molar-refractivity contribution in [2.45, 2.75) is 25.3 Å². The summed E-state index contributed by atoms with van der Waals surface area (Å²) < 4.78 is 0. The van der Waals surface area contributed by atoms with Crippen LogP contribution in [-0.4, -0.2) is 39.9 Å². The van der Waals surface area contributed by atoms with Gasteiger partial charge in [0.25, 0.3) is 5.91 Å². The van der Waals surface area contributed by atoms with E-state index < -0.39 is 0 Å². The molecule has 6 nitrogen and oxygen atoms in total. The third-order valence-corrected chi connectivity index (χ3v) is 2.99. The molecule has 1 aliphatic heterocycles. The molecule has 4 N–H and O–H groups in total. The quantitative estimate of drug-likeness (QED) is 0.641. The highest BCUT2D eigenvalue weighted by atomic mass is 16.2. The van der Waals surface area contributed by atoms with Crippen molar-refractivity contribution in [3.63, 3.8) is 0 Å². The van der Waals surface area contributed by atoms with E-state index in [1.165, 1.54) is 6.20 Å². The number of likely N-dealkylation sites (tertiary alicyclic amines) is 1. The Kier molecular flexibility index (Phi) is 3.09. The Morgan fingerprint density at radius 1 is 1.56 bits per heavy atom. The van der Waals surface area contributed by atoms with Crippen molar-refractivity contribution in [1.29, 1.82) is 0 Å². The standard InChI is InChI=1S/C10H16N4O2/c11-5-7-3-1-2-4-14(7)9(15)8-6-12-10(16)13-8/h6-7H,1-5,11H2,(H2,12,13,16). The lowest BCUT2D eigenvalue weighted by molar-refractivity contribution is 0.0617. The zero-order valence-electron chi connectivity index (χ0n) is 9.03. The molecule has 88 valence electrons. The van der Waals surface area contributed by atoms with Crippen LogP contribution in [0.15, 0.2) is 11.0 Å². The molecule has 1 atom stereocenters. The molecule has 1 fully saturated rings. The van der Waals surface area contributed by atoms with Crippen LogP contribution >= 0.6 is 0 Å². The van der Waals surface area contributed by atoms with Crippen molar-refractivity contribution in [3.8, 4) is 0 Å². The Hall–Kier alpha value is -1.56. The molecule has 6 heteroatoms. The van der Waals surface area contributed by atoms with Crippen LogP contribution in [0.4, 0.5) is 0 Å². The average molecular weight is 224 g/mol. The van der Waals surface area contributed by atoms with E-state index in [4.69, 9.17) is 5.73 Å². The van der Waals surface area contributed by atoms with Crippen LogP contribution in [0.1, 0.15) is 29.8 Å². The summed E-state index contributed by atoms with van der Waals surface area (Å²) in [5.74, 6) is -0.145. The number of piperidine rings is 1. The van der Waals surface area contributed by atoms with Crippen molar-refractivity contribution in [3.05, 3.63) is 22.4 Å². The van der Waals surface area contributed by atoms with Gasteiger partial charge >= 0.3 is 5.69 Å². The molecule has 0 bridgehead atoms. The summed E-state index contributed by atoms with van der Waals surface area (Å²) in [4.78, 5) is 29.6. The molecule has 0 spiro atoms. The van der Waals surface area contributed by atoms with Crippen LogP contribution in [0, 0.1) is 0 Å². The summed E-state index contributed by atoms with van der Waals surface area (Å²) >= 11 is 0. The Labute approximate surface area is 92.8 Å². The molecule has 2 heterocycles. The number of hydrogen-bond donors (Lipinski definition) is 3. The predicted molar refractivity (Wildman–Crippen MR) is 59.1 cm³/mol. The summed E-state index contributed by atoms with van der Waals surface area (Å²) in [6.45, 7) is 1.19. The van der Waals surface area contributed by atoms with Gasteiger partial charge in [-0.1, -0.05) is 0 Å². The van der Waals surface area contributed by atoms with Crippen molar-refractivity contribution in [1.82, 2.24) is 14.9 Å². The van der Waals surface area contributed by atoms with E-state index in [1.54, 1.807) is 4.90 Å². The van der Waals surface area contributed by atoms with Gasteiger partial charge in [-0.05, 0) is 19.3 Å². The highest BCUT2D eigenvalue weighted by Gasteiger charge is 2.27. The van der Waals surface area contributed by atoms with E-state index >= 15 is 0 Å². The molecule has 1 aromatic heterocycles. The van der Waals surface area contributed by atoms with Gasteiger partial charge in [-0.25, -0.2) is 4.79 Å². The number of hydrogen-bond acceptors (Lipinski definition) is 3. The number of nitrogens with zero attached hydrogens (tertiary/aromatic N) is 1. The molecular formula is C10H16N4O2. The second-order valence-electron chi connectivity index (χ2n) is 4.04. The number of carbonyl (C=O) groups is 1. The molecule has 0 radical (unpaired) electrons. The van der Waals surface area contributed by atoms with Crippen LogP contribution < -0.4 is 11.4 Å². The second kappa shape index (κ2) is 4.52. The van der Waals surface area contributed by atoms with Gasteiger partial charge in [-0.15, -0.1) is 0 Å². The normalized spacial score (nSPS) is 21.1. The van der Waals surface area contributed by atoms with E-state index in [9.17, 15) is 9.59 Å². The Morgan fingerprint density at radius 2 is 2.38 bits per heavy atom. The summed E-state index contributed by atoms with van der Waals surface area (Å²) in [7, 11) is 0. The van der Waals surface area contributed by atoms with E-state index in [0.29, 0.717) is 18.8 Å². The first-order chi connectivity index (χ1) is 7.72. The van der Waals surface area contributed by atoms with Crippen LogP contribution in [-0.2, 0) is 0 Å². The minimum absolute atomic E-state index is 0.0969. The number of nitrogens with two attached hydrogens (primary N) is 1. The smallest absolute Gasteiger partial charge is 0.323 e. The number of H-pyrrole nitrogens is 2. The number of amides is 1. The highest BCUT2D eigenvalue weighted by Crippen LogP contribution is 2.17. The maximum Gasteiger partial charge on any atom is 0.323 e. The first kappa shape index (κ1) is 10.9. The summed E-state index contributed by atoms with van der Waals surface area (Å²) in [6.07, 6.45) is 4.45. The number of nitrogens with one attached hydrogen (secondary N) is 2. The maximum absolute atomic E-state index is 12.1. The van der Waals surface area contributed by atoms with Crippen LogP contribution in [0.3, 0.4) is 0 Å². The van der Waals surface area contributed by atoms with Crippen molar-refractivity contribution >= 4 is 5.91 Å². The molecule has 2 rings (SSSR count). The molecule has 0 saturated carbocycles. The first-order valence-corrected chi connectivity index (χ1v) is 5.51. The van der Waals surface area contributed by atoms with Crippen LogP contribution in [0.25, 0.3) is 0 Å². The fourth-order valence-electron chi connectivity index (χ4n) is 2.12. The minimum Gasteiger partial charge on any atom is -0.333 e. The minimum atomic E-state index is -0.357. The van der Waals surface area contributed by atoms with Crippen LogP contribution in [0.5, 0.6) is 0 Å². The van der Waals surface area contributed by atoms with Gasteiger partial charge in [-0.3, -0.25) is 4.79 Å². The average Bonchev–Trinajstić information content (AvgIpc) is 2.75. The van der Waals surface area contributed by atoms with Crippen molar-refractivity contribution < 1.29 is 4.79 Å².